The predicted molar refractivity (Wildman–Crippen MR) is 120 cm³/mol. The van der Waals surface area contributed by atoms with E-state index in [1.165, 1.54) is 6.08 Å². The standard InChI is InChI=1S/C23H24N4O2S/c28-21(12-11-18-7-3-1-4-8-18)24-20(17-19-9-5-2-6-10-19)22-25-26-23(29-22)27-13-15-30-16-14-27/h1-12,20H,13-17H2,(H,24,28)/b12-11+/t20-/m0/s1. The largest absolute Gasteiger partial charge is 0.406 e. The summed E-state index contributed by atoms with van der Waals surface area (Å²) in [5.41, 5.74) is 2.05. The number of rotatable bonds is 7. The summed E-state index contributed by atoms with van der Waals surface area (Å²) < 4.78 is 5.98. The van der Waals surface area contributed by atoms with E-state index in [0.717, 1.165) is 35.7 Å². The fourth-order valence-corrected chi connectivity index (χ4v) is 4.16. The number of carbonyl (C=O) groups excluding carboxylic acids is 1. The van der Waals surface area contributed by atoms with Crippen LogP contribution in [0, 0.1) is 0 Å². The van der Waals surface area contributed by atoms with Crippen LogP contribution in [0.15, 0.2) is 71.2 Å². The second-order valence-corrected chi connectivity index (χ2v) is 8.24. The molecule has 4 rings (SSSR count). The van der Waals surface area contributed by atoms with E-state index in [1.54, 1.807) is 6.08 Å². The number of benzene rings is 2. The SMILES string of the molecule is O=C(/C=C/c1ccccc1)N[C@@H](Cc1ccccc1)c1nnc(N2CCSCC2)o1. The molecule has 0 saturated carbocycles. The summed E-state index contributed by atoms with van der Waals surface area (Å²) >= 11 is 1.92. The van der Waals surface area contributed by atoms with Gasteiger partial charge >= 0.3 is 6.01 Å². The van der Waals surface area contributed by atoms with E-state index in [2.05, 4.69) is 20.4 Å². The normalized spacial score (nSPS) is 15.3. The van der Waals surface area contributed by atoms with Crippen LogP contribution in [0.1, 0.15) is 23.1 Å². The van der Waals surface area contributed by atoms with Crippen LogP contribution in [-0.2, 0) is 11.2 Å². The van der Waals surface area contributed by atoms with Gasteiger partial charge in [0.25, 0.3) is 0 Å². The lowest BCUT2D eigenvalue weighted by Crippen LogP contribution is -2.32. The molecule has 154 valence electrons. The maximum atomic E-state index is 12.6. The zero-order chi connectivity index (χ0) is 20.6. The highest BCUT2D eigenvalue weighted by Crippen LogP contribution is 2.23. The number of amides is 1. The lowest BCUT2D eigenvalue weighted by Gasteiger charge is -2.24. The molecule has 0 radical (unpaired) electrons. The van der Waals surface area contributed by atoms with E-state index in [1.807, 2.05) is 72.4 Å². The van der Waals surface area contributed by atoms with Crippen molar-refractivity contribution in [3.63, 3.8) is 0 Å². The van der Waals surface area contributed by atoms with Crippen LogP contribution in [0.25, 0.3) is 6.08 Å². The third-order valence-corrected chi connectivity index (χ3v) is 5.78. The molecule has 3 aromatic rings. The highest BCUT2D eigenvalue weighted by atomic mass is 32.2. The van der Waals surface area contributed by atoms with Gasteiger partial charge in [0.1, 0.15) is 6.04 Å². The van der Waals surface area contributed by atoms with E-state index in [-0.39, 0.29) is 5.91 Å². The zero-order valence-electron chi connectivity index (χ0n) is 16.6. The number of anilines is 1. The maximum absolute atomic E-state index is 12.6. The molecule has 0 bridgehead atoms. The van der Waals surface area contributed by atoms with Gasteiger partial charge in [-0.3, -0.25) is 4.79 Å². The van der Waals surface area contributed by atoms with Crippen LogP contribution in [-0.4, -0.2) is 40.7 Å². The van der Waals surface area contributed by atoms with Crippen molar-refractivity contribution in [2.24, 2.45) is 0 Å². The smallest absolute Gasteiger partial charge is 0.318 e. The summed E-state index contributed by atoms with van der Waals surface area (Å²) in [6, 6.07) is 19.8. The highest BCUT2D eigenvalue weighted by molar-refractivity contribution is 7.99. The summed E-state index contributed by atoms with van der Waals surface area (Å²) in [5, 5.41) is 11.5. The summed E-state index contributed by atoms with van der Waals surface area (Å²) in [6.45, 7) is 1.78. The first kappa shape index (κ1) is 20.2. The molecule has 30 heavy (non-hydrogen) atoms. The first-order valence-electron chi connectivity index (χ1n) is 10.0. The molecule has 1 aromatic heterocycles. The molecule has 1 amide bonds. The number of nitrogens with zero attached hydrogens (tertiary/aromatic N) is 3. The molecule has 2 heterocycles. The second kappa shape index (κ2) is 10.1. The zero-order valence-corrected chi connectivity index (χ0v) is 17.4. The number of aromatic nitrogens is 2. The molecule has 1 aliphatic heterocycles. The van der Waals surface area contributed by atoms with Gasteiger partial charge in [-0.2, -0.15) is 11.8 Å². The second-order valence-electron chi connectivity index (χ2n) is 7.02. The molecule has 0 aliphatic carbocycles. The molecule has 1 atom stereocenters. The topological polar surface area (TPSA) is 71.3 Å². The molecule has 1 saturated heterocycles. The van der Waals surface area contributed by atoms with Gasteiger partial charge in [0, 0.05) is 37.1 Å². The summed E-state index contributed by atoms with van der Waals surface area (Å²) in [7, 11) is 0. The minimum atomic E-state index is -0.402. The number of hydrogen-bond acceptors (Lipinski definition) is 6. The Bertz CT molecular complexity index is 969. The summed E-state index contributed by atoms with van der Waals surface area (Å²) in [6.07, 6.45) is 3.90. The molecule has 0 unspecified atom stereocenters. The lowest BCUT2D eigenvalue weighted by molar-refractivity contribution is -0.117. The van der Waals surface area contributed by atoms with E-state index >= 15 is 0 Å². The molecule has 1 fully saturated rings. The minimum absolute atomic E-state index is 0.200. The van der Waals surface area contributed by atoms with Gasteiger partial charge in [-0.15, -0.1) is 5.10 Å². The summed E-state index contributed by atoms with van der Waals surface area (Å²) in [4.78, 5) is 14.7. The highest BCUT2D eigenvalue weighted by Gasteiger charge is 2.23. The van der Waals surface area contributed by atoms with Gasteiger partial charge in [-0.1, -0.05) is 65.8 Å². The molecular weight excluding hydrogens is 396 g/mol. The number of nitrogens with one attached hydrogen (secondary N) is 1. The van der Waals surface area contributed by atoms with Crippen LogP contribution in [0.5, 0.6) is 0 Å². The van der Waals surface area contributed by atoms with Gasteiger partial charge in [-0.05, 0) is 17.2 Å². The third-order valence-electron chi connectivity index (χ3n) is 4.84. The van der Waals surface area contributed by atoms with Crippen molar-refractivity contribution >= 4 is 29.8 Å². The van der Waals surface area contributed by atoms with Gasteiger partial charge in [0.2, 0.25) is 11.8 Å². The fraction of sp³-hybridized carbons (Fsp3) is 0.261. The van der Waals surface area contributed by atoms with Crippen molar-refractivity contribution in [1.29, 1.82) is 0 Å². The Morgan fingerprint density at radius 2 is 1.77 bits per heavy atom. The van der Waals surface area contributed by atoms with E-state index in [4.69, 9.17) is 4.42 Å². The van der Waals surface area contributed by atoms with E-state index in [9.17, 15) is 4.79 Å². The van der Waals surface area contributed by atoms with Gasteiger partial charge < -0.3 is 14.6 Å². The van der Waals surface area contributed by atoms with Gasteiger partial charge in [0.05, 0.1) is 0 Å². The molecule has 0 spiro atoms. The van der Waals surface area contributed by atoms with Crippen molar-refractivity contribution in [2.45, 2.75) is 12.5 Å². The molecule has 6 nitrogen and oxygen atoms in total. The van der Waals surface area contributed by atoms with Crippen LogP contribution in [0.3, 0.4) is 0 Å². The van der Waals surface area contributed by atoms with Gasteiger partial charge in [-0.25, -0.2) is 0 Å². The number of thioether (sulfide) groups is 1. The fourth-order valence-electron chi connectivity index (χ4n) is 3.26. The average Bonchev–Trinajstić information content (AvgIpc) is 3.30. The Hall–Kier alpha value is -3.06. The minimum Gasteiger partial charge on any atom is -0.406 e. The van der Waals surface area contributed by atoms with Crippen LogP contribution in [0.2, 0.25) is 0 Å². The Labute approximate surface area is 180 Å². The third kappa shape index (κ3) is 5.51. The van der Waals surface area contributed by atoms with Crippen molar-refractivity contribution in [3.05, 3.63) is 83.8 Å². The Kier molecular flexibility index (Phi) is 6.82. The summed E-state index contributed by atoms with van der Waals surface area (Å²) in [5.74, 6) is 2.32. The Balaban J connectivity index is 1.50. The average molecular weight is 421 g/mol. The lowest BCUT2D eigenvalue weighted by atomic mass is 10.1. The van der Waals surface area contributed by atoms with Crippen molar-refractivity contribution in [1.82, 2.24) is 15.5 Å². The van der Waals surface area contributed by atoms with Crippen LogP contribution in [0.4, 0.5) is 6.01 Å². The Morgan fingerprint density at radius 3 is 2.50 bits per heavy atom. The van der Waals surface area contributed by atoms with Crippen molar-refractivity contribution < 1.29 is 9.21 Å². The first-order valence-corrected chi connectivity index (χ1v) is 11.2. The quantitative estimate of drug-likeness (QED) is 0.587. The number of carbonyl (C=O) groups is 1. The van der Waals surface area contributed by atoms with E-state index in [0.29, 0.717) is 18.3 Å². The Morgan fingerprint density at radius 1 is 1.07 bits per heavy atom. The van der Waals surface area contributed by atoms with Crippen LogP contribution >= 0.6 is 11.8 Å². The molecule has 7 heteroatoms. The monoisotopic (exact) mass is 420 g/mol. The molecule has 1 aliphatic rings. The molecule has 1 N–H and O–H groups in total. The first-order chi connectivity index (χ1) is 14.8. The van der Waals surface area contributed by atoms with Crippen LogP contribution < -0.4 is 10.2 Å². The van der Waals surface area contributed by atoms with Crippen molar-refractivity contribution in [2.75, 3.05) is 29.5 Å². The maximum Gasteiger partial charge on any atom is 0.318 e. The van der Waals surface area contributed by atoms with Crippen molar-refractivity contribution in [3.8, 4) is 0 Å². The number of hydrogen-bond donors (Lipinski definition) is 1. The van der Waals surface area contributed by atoms with Gasteiger partial charge in [0.15, 0.2) is 0 Å². The molecular formula is C23H24N4O2S. The predicted octanol–water partition coefficient (Wildman–Crippen LogP) is 3.74. The van der Waals surface area contributed by atoms with E-state index < -0.39 is 6.04 Å². The molecule has 2 aromatic carbocycles.